The van der Waals surface area contributed by atoms with Crippen molar-refractivity contribution in [1.82, 2.24) is 15.5 Å². The average molecular weight is 462 g/mol. The molecule has 8 heteroatoms. The molecule has 3 rings (SSSR count). The van der Waals surface area contributed by atoms with E-state index in [-0.39, 0.29) is 24.4 Å². The predicted molar refractivity (Wildman–Crippen MR) is 131 cm³/mol. The second-order valence-corrected chi connectivity index (χ2v) is 8.86. The first kappa shape index (κ1) is 24.8. The molecule has 0 atom stereocenters. The lowest BCUT2D eigenvalue weighted by atomic mass is 9.89. The minimum atomic E-state index is -0.505. The van der Waals surface area contributed by atoms with Crippen molar-refractivity contribution in [3.63, 3.8) is 0 Å². The van der Waals surface area contributed by atoms with E-state index in [2.05, 4.69) is 22.0 Å². The first-order chi connectivity index (χ1) is 16.3. The van der Waals surface area contributed by atoms with Crippen LogP contribution in [0.1, 0.15) is 59.7 Å². The van der Waals surface area contributed by atoms with Crippen LogP contribution in [0.5, 0.6) is 0 Å². The van der Waals surface area contributed by atoms with Gasteiger partial charge in [0.05, 0.1) is 18.2 Å². The van der Waals surface area contributed by atoms with E-state index in [0.29, 0.717) is 35.8 Å². The molecule has 1 heterocycles. The molecule has 1 fully saturated rings. The third kappa shape index (κ3) is 6.58. The fourth-order valence-corrected chi connectivity index (χ4v) is 4.02. The van der Waals surface area contributed by atoms with Crippen LogP contribution in [0.15, 0.2) is 42.5 Å². The van der Waals surface area contributed by atoms with E-state index in [1.54, 1.807) is 18.2 Å². The van der Waals surface area contributed by atoms with E-state index in [4.69, 9.17) is 5.26 Å². The van der Waals surface area contributed by atoms with Gasteiger partial charge in [0.15, 0.2) is 0 Å². The van der Waals surface area contributed by atoms with Crippen LogP contribution >= 0.6 is 0 Å². The lowest BCUT2D eigenvalue weighted by molar-refractivity contribution is -0.120. The molecule has 0 unspecified atom stereocenters. The van der Waals surface area contributed by atoms with Gasteiger partial charge in [-0.3, -0.25) is 9.59 Å². The Morgan fingerprint density at radius 2 is 1.76 bits per heavy atom. The molecule has 1 aliphatic heterocycles. The largest absolute Gasteiger partial charge is 0.352 e. The number of hydrogen-bond acceptors (Lipinski definition) is 4. The first-order valence-corrected chi connectivity index (χ1v) is 11.5. The van der Waals surface area contributed by atoms with E-state index >= 15 is 0 Å². The number of carbonyl (C=O) groups is 3. The highest BCUT2D eigenvalue weighted by Gasteiger charge is 2.25. The van der Waals surface area contributed by atoms with Gasteiger partial charge in [0.25, 0.3) is 5.91 Å². The van der Waals surface area contributed by atoms with Crippen molar-refractivity contribution in [3.05, 3.63) is 64.7 Å². The van der Waals surface area contributed by atoms with Crippen LogP contribution < -0.4 is 16.0 Å². The van der Waals surface area contributed by atoms with Crippen LogP contribution in [0.3, 0.4) is 0 Å². The van der Waals surface area contributed by atoms with Crippen molar-refractivity contribution < 1.29 is 14.4 Å². The third-order valence-corrected chi connectivity index (χ3v) is 5.89. The number of anilines is 1. The number of carbonyl (C=O) groups excluding carboxylic acids is 3. The van der Waals surface area contributed by atoms with Gasteiger partial charge in [-0.25, -0.2) is 4.79 Å². The van der Waals surface area contributed by atoms with Gasteiger partial charge in [0.2, 0.25) is 5.91 Å². The third-order valence-electron chi connectivity index (χ3n) is 5.89. The number of nitrogens with zero attached hydrogens (tertiary/aromatic N) is 2. The van der Waals surface area contributed by atoms with E-state index in [9.17, 15) is 14.4 Å². The summed E-state index contributed by atoms with van der Waals surface area (Å²) < 4.78 is 0. The summed E-state index contributed by atoms with van der Waals surface area (Å²) in [6.07, 6.45) is 1.71. The molecule has 3 N–H and O–H groups in total. The maximum absolute atomic E-state index is 13.1. The Bertz CT molecular complexity index is 1080. The van der Waals surface area contributed by atoms with Crippen molar-refractivity contribution in [1.29, 1.82) is 5.26 Å². The average Bonchev–Trinajstić information content (AvgIpc) is 2.83. The minimum Gasteiger partial charge on any atom is -0.352 e. The Hall–Kier alpha value is -3.86. The standard InChI is InChI=1S/C26H31N5O3/c1-17(2)29-24(32)16-28-26(34)30-23-14-22(7-4-18(23)3)25(33)31-12-10-21(11-13-31)20-8-5-19(15-27)6-9-20/h4-9,14,17,21H,10-13,16H2,1-3H3,(H,29,32)(H2,28,30,34). The molecule has 2 aromatic rings. The van der Waals surface area contributed by atoms with E-state index in [0.717, 1.165) is 18.4 Å². The summed E-state index contributed by atoms with van der Waals surface area (Å²) in [4.78, 5) is 38.9. The van der Waals surface area contributed by atoms with Gasteiger partial charge in [-0.15, -0.1) is 0 Å². The minimum absolute atomic E-state index is 0.00326. The second kappa shape index (κ2) is 11.3. The van der Waals surface area contributed by atoms with Crippen molar-refractivity contribution in [2.75, 3.05) is 25.0 Å². The number of nitriles is 1. The summed E-state index contributed by atoms with van der Waals surface area (Å²) in [5.74, 6) is 0.0249. The second-order valence-electron chi connectivity index (χ2n) is 8.86. The summed E-state index contributed by atoms with van der Waals surface area (Å²) in [5.41, 5.74) is 3.70. The Morgan fingerprint density at radius 1 is 1.09 bits per heavy atom. The van der Waals surface area contributed by atoms with Gasteiger partial charge >= 0.3 is 6.03 Å². The molecule has 0 saturated carbocycles. The molecule has 34 heavy (non-hydrogen) atoms. The fourth-order valence-electron chi connectivity index (χ4n) is 4.02. The SMILES string of the molecule is Cc1ccc(C(=O)N2CCC(c3ccc(C#N)cc3)CC2)cc1NC(=O)NCC(=O)NC(C)C. The highest BCUT2D eigenvalue weighted by atomic mass is 16.2. The van der Waals surface area contributed by atoms with Crippen molar-refractivity contribution in [2.24, 2.45) is 0 Å². The number of rotatable bonds is 6. The lowest BCUT2D eigenvalue weighted by Crippen LogP contribution is -2.41. The van der Waals surface area contributed by atoms with Crippen molar-refractivity contribution in [3.8, 4) is 6.07 Å². The summed E-state index contributed by atoms with van der Waals surface area (Å²) in [5, 5.41) is 16.9. The van der Waals surface area contributed by atoms with Crippen LogP contribution in [0.4, 0.5) is 10.5 Å². The van der Waals surface area contributed by atoms with Crippen molar-refractivity contribution >= 4 is 23.5 Å². The molecule has 4 amide bonds. The van der Waals surface area contributed by atoms with Crippen LogP contribution in [-0.2, 0) is 4.79 Å². The zero-order valence-electron chi connectivity index (χ0n) is 19.9. The maximum atomic E-state index is 13.1. The number of amides is 4. The molecule has 0 spiro atoms. The van der Waals surface area contributed by atoms with Crippen LogP contribution in [0, 0.1) is 18.3 Å². The zero-order valence-corrected chi connectivity index (χ0v) is 19.9. The molecule has 1 aliphatic rings. The molecule has 0 aliphatic carbocycles. The molecular formula is C26H31N5O3. The highest BCUT2D eigenvalue weighted by Crippen LogP contribution is 2.29. The molecule has 0 bridgehead atoms. The number of piperidine rings is 1. The molecule has 2 aromatic carbocycles. The van der Waals surface area contributed by atoms with Gasteiger partial charge in [-0.2, -0.15) is 5.26 Å². The molecule has 8 nitrogen and oxygen atoms in total. The first-order valence-electron chi connectivity index (χ1n) is 11.5. The van der Waals surface area contributed by atoms with Crippen LogP contribution in [-0.4, -0.2) is 48.4 Å². The van der Waals surface area contributed by atoms with Crippen LogP contribution in [0.2, 0.25) is 0 Å². The van der Waals surface area contributed by atoms with Crippen molar-refractivity contribution in [2.45, 2.75) is 45.6 Å². The monoisotopic (exact) mass is 461 g/mol. The molecule has 0 radical (unpaired) electrons. The number of benzene rings is 2. The number of likely N-dealkylation sites (tertiary alicyclic amines) is 1. The molecular weight excluding hydrogens is 430 g/mol. The van der Waals surface area contributed by atoms with E-state index in [1.165, 1.54) is 5.56 Å². The Kier molecular flexibility index (Phi) is 8.25. The van der Waals surface area contributed by atoms with Gasteiger partial charge < -0.3 is 20.9 Å². The normalized spacial score (nSPS) is 13.8. The highest BCUT2D eigenvalue weighted by molar-refractivity contribution is 5.98. The van der Waals surface area contributed by atoms with Gasteiger partial charge in [-0.1, -0.05) is 18.2 Å². The smallest absolute Gasteiger partial charge is 0.319 e. The number of hydrogen-bond donors (Lipinski definition) is 3. The van der Waals surface area contributed by atoms with Gasteiger partial charge in [0, 0.05) is 30.4 Å². The number of aryl methyl sites for hydroxylation is 1. The Labute approximate surface area is 200 Å². The zero-order chi connectivity index (χ0) is 24.7. The predicted octanol–water partition coefficient (Wildman–Crippen LogP) is 3.53. The number of urea groups is 1. The van der Waals surface area contributed by atoms with Gasteiger partial charge in [-0.05, 0) is 74.9 Å². The van der Waals surface area contributed by atoms with Crippen LogP contribution in [0.25, 0.3) is 0 Å². The van der Waals surface area contributed by atoms with E-state index < -0.39 is 6.03 Å². The topological polar surface area (TPSA) is 114 Å². The van der Waals surface area contributed by atoms with E-state index in [1.807, 2.05) is 49.9 Å². The molecule has 0 aromatic heterocycles. The fraction of sp³-hybridized carbons (Fsp3) is 0.385. The summed E-state index contributed by atoms with van der Waals surface area (Å²) in [6.45, 7) is 6.70. The maximum Gasteiger partial charge on any atom is 0.319 e. The summed E-state index contributed by atoms with van der Waals surface area (Å²) >= 11 is 0. The molecule has 1 saturated heterocycles. The summed E-state index contributed by atoms with van der Waals surface area (Å²) in [7, 11) is 0. The van der Waals surface area contributed by atoms with Gasteiger partial charge in [0.1, 0.15) is 0 Å². The Morgan fingerprint density at radius 3 is 2.38 bits per heavy atom. The lowest BCUT2D eigenvalue weighted by Gasteiger charge is -2.32. The Balaban J connectivity index is 1.57. The quantitative estimate of drug-likeness (QED) is 0.610. The number of nitrogens with one attached hydrogen (secondary N) is 3. The summed E-state index contributed by atoms with van der Waals surface area (Å²) in [6, 6.07) is 14.5. The molecule has 178 valence electrons.